The number of anilines is 1. The SMILES string of the molecule is CNC(=S)N1CCc2nc(N)sc2C1. The molecule has 4 nitrogen and oxygen atoms in total. The van der Waals surface area contributed by atoms with E-state index in [0.717, 1.165) is 30.3 Å². The van der Waals surface area contributed by atoms with Crippen molar-refractivity contribution in [1.29, 1.82) is 0 Å². The molecule has 0 aliphatic carbocycles. The summed E-state index contributed by atoms with van der Waals surface area (Å²) in [6.45, 7) is 1.76. The maximum absolute atomic E-state index is 5.65. The highest BCUT2D eigenvalue weighted by Gasteiger charge is 2.20. The van der Waals surface area contributed by atoms with Crippen LogP contribution in [-0.2, 0) is 13.0 Å². The van der Waals surface area contributed by atoms with E-state index in [0.29, 0.717) is 5.13 Å². The van der Waals surface area contributed by atoms with Gasteiger partial charge in [0.2, 0.25) is 0 Å². The zero-order chi connectivity index (χ0) is 10.1. The molecule has 0 radical (unpaired) electrons. The van der Waals surface area contributed by atoms with Gasteiger partial charge >= 0.3 is 0 Å². The second kappa shape index (κ2) is 3.70. The first-order valence-corrected chi connectivity index (χ1v) is 5.64. The molecule has 3 N–H and O–H groups in total. The molecule has 0 saturated carbocycles. The van der Waals surface area contributed by atoms with Gasteiger partial charge in [-0.2, -0.15) is 0 Å². The average Bonchev–Trinajstić information content (AvgIpc) is 2.55. The molecule has 0 fully saturated rings. The summed E-state index contributed by atoms with van der Waals surface area (Å²) in [7, 11) is 1.85. The maximum Gasteiger partial charge on any atom is 0.180 e. The number of nitrogen functional groups attached to an aromatic ring is 1. The number of nitrogens with zero attached hydrogens (tertiary/aromatic N) is 2. The van der Waals surface area contributed by atoms with Gasteiger partial charge in [0.1, 0.15) is 0 Å². The quantitative estimate of drug-likeness (QED) is 0.637. The van der Waals surface area contributed by atoms with Crippen LogP contribution in [0.15, 0.2) is 0 Å². The van der Waals surface area contributed by atoms with E-state index in [1.54, 1.807) is 11.3 Å². The van der Waals surface area contributed by atoms with Crippen molar-refractivity contribution in [2.75, 3.05) is 19.3 Å². The molecule has 1 aliphatic heterocycles. The lowest BCUT2D eigenvalue weighted by molar-refractivity contribution is 0.392. The molecule has 0 bridgehead atoms. The van der Waals surface area contributed by atoms with Gasteiger partial charge in [0.25, 0.3) is 0 Å². The number of nitrogens with one attached hydrogen (secondary N) is 1. The molecule has 0 amide bonds. The molecular formula is C8H12N4S2. The lowest BCUT2D eigenvalue weighted by Crippen LogP contribution is -2.40. The van der Waals surface area contributed by atoms with Gasteiger partial charge in [-0.25, -0.2) is 4.98 Å². The van der Waals surface area contributed by atoms with Gasteiger partial charge in [0.05, 0.1) is 12.2 Å². The van der Waals surface area contributed by atoms with Crippen LogP contribution < -0.4 is 11.1 Å². The number of fused-ring (bicyclic) bond motifs is 1. The van der Waals surface area contributed by atoms with Gasteiger partial charge in [-0.3, -0.25) is 0 Å². The molecule has 0 spiro atoms. The van der Waals surface area contributed by atoms with Crippen LogP contribution >= 0.6 is 23.6 Å². The van der Waals surface area contributed by atoms with E-state index in [9.17, 15) is 0 Å². The Hall–Kier alpha value is -0.880. The van der Waals surface area contributed by atoms with Crippen LogP contribution in [-0.4, -0.2) is 28.6 Å². The van der Waals surface area contributed by atoms with Gasteiger partial charge in [-0.05, 0) is 12.2 Å². The fourth-order valence-corrected chi connectivity index (χ4v) is 2.60. The Kier molecular flexibility index (Phi) is 2.56. The van der Waals surface area contributed by atoms with E-state index < -0.39 is 0 Å². The summed E-state index contributed by atoms with van der Waals surface area (Å²) in [5.74, 6) is 0. The number of thiazole rings is 1. The van der Waals surface area contributed by atoms with Gasteiger partial charge in [-0.1, -0.05) is 0 Å². The van der Waals surface area contributed by atoms with E-state index >= 15 is 0 Å². The number of hydrogen-bond donors (Lipinski definition) is 2. The highest BCUT2D eigenvalue weighted by Crippen LogP contribution is 2.26. The summed E-state index contributed by atoms with van der Waals surface area (Å²) in [6.07, 6.45) is 0.935. The first-order chi connectivity index (χ1) is 6.70. The van der Waals surface area contributed by atoms with E-state index in [2.05, 4.69) is 15.2 Å². The third-order valence-corrected chi connectivity index (χ3v) is 3.62. The maximum atomic E-state index is 5.65. The van der Waals surface area contributed by atoms with Gasteiger partial charge in [-0.15, -0.1) is 11.3 Å². The second-order valence-electron chi connectivity index (χ2n) is 3.15. The summed E-state index contributed by atoms with van der Waals surface area (Å²) in [4.78, 5) is 7.65. The summed E-state index contributed by atoms with van der Waals surface area (Å²) in [5.41, 5.74) is 6.79. The molecule has 76 valence electrons. The van der Waals surface area contributed by atoms with Crippen molar-refractivity contribution in [2.24, 2.45) is 0 Å². The Balaban J connectivity index is 2.16. The van der Waals surface area contributed by atoms with Crippen LogP contribution in [0.4, 0.5) is 5.13 Å². The largest absolute Gasteiger partial charge is 0.375 e. The van der Waals surface area contributed by atoms with Gasteiger partial charge < -0.3 is 16.0 Å². The van der Waals surface area contributed by atoms with Crippen LogP contribution in [0.2, 0.25) is 0 Å². The van der Waals surface area contributed by atoms with E-state index in [4.69, 9.17) is 18.0 Å². The summed E-state index contributed by atoms with van der Waals surface area (Å²) >= 11 is 6.74. The minimum atomic E-state index is 0.659. The fourth-order valence-electron chi connectivity index (χ4n) is 1.55. The molecule has 2 heterocycles. The standard InChI is InChI=1S/C8H12N4S2/c1-10-8(13)12-3-2-5-6(4-12)14-7(9)11-5/h2-4H2,1H3,(H2,9,11)(H,10,13). The van der Waals surface area contributed by atoms with E-state index in [1.165, 1.54) is 4.88 Å². The summed E-state index contributed by atoms with van der Waals surface area (Å²) in [6, 6.07) is 0. The molecule has 0 aromatic carbocycles. The normalized spacial score (nSPS) is 15.1. The molecule has 14 heavy (non-hydrogen) atoms. The topological polar surface area (TPSA) is 54.2 Å². The van der Waals surface area contributed by atoms with Crippen molar-refractivity contribution in [3.05, 3.63) is 10.6 Å². The van der Waals surface area contributed by atoms with Crippen molar-refractivity contribution >= 4 is 33.8 Å². The van der Waals surface area contributed by atoms with Crippen molar-refractivity contribution < 1.29 is 0 Å². The molecule has 1 aromatic rings. The summed E-state index contributed by atoms with van der Waals surface area (Å²) in [5, 5.41) is 4.44. The first kappa shape index (κ1) is 9.67. The van der Waals surface area contributed by atoms with Crippen LogP contribution in [0.25, 0.3) is 0 Å². The monoisotopic (exact) mass is 228 g/mol. The van der Waals surface area contributed by atoms with Crippen molar-refractivity contribution in [3.8, 4) is 0 Å². The highest BCUT2D eigenvalue weighted by molar-refractivity contribution is 7.80. The smallest absolute Gasteiger partial charge is 0.180 e. The molecule has 2 rings (SSSR count). The molecule has 0 saturated heterocycles. The number of nitrogens with two attached hydrogens (primary N) is 1. The van der Waals surface area contributed by atoms with Crippen LogP contribution in [0, 0.1) is 0 Å². The predicted octanol–water partition coefficient (Wildman–Crippen LogP) is 0.588. The summed E-state index contributed by atoms with van der Waals surface area (Å²) < 4.78 is 0. The fraction of sp³-hybridized carbons (Fsp3) is 0.500. The molecular weight excluding hydrogens is 216 g/mol. The van der Waals surface area contributed by atoms with Crippen molar-refractivity contribution in [1.82, 2.24) is 15.2 Å². The van der Waals surface area contributed by atoms with Crippen LogP contribution in [0.1, 0.15) is 10.6 Å². The predicted molar refractivity (Wildman–Crippen MR) is 62.3 cm³/mol. The molecule has 0 atom stereocenters. The van der Waals surface area contributed by atoms with Gasteiger partial charge in [0, 0.05) is 24.9 Å². The van der Waals surface area contributed by atoms with E-state index in [1.807, 2.05) is 7.05 Å². The Morgan fingerprint density at radius 1 is 1.71 bits per heavy atom. The first-order valence-electron chi connectivity index (χ1n) is 4.41. The number of rotatable bonds is 0. The number of aromatic nitrogens is 1. The third-order valence-electron chi connectivity index (χ3n) is 2.25. The number of hydrogen-bond acceptors (Lipinski definition) is 4. The molecule has 1 aromatic heterocycles. The van der Waals surface area contributed by atoms with Crippen molar-refractivity contribution in [3.63, 3.8) is 0 Å². The minimum absolute atomic E-state index is 0.659. The average molecular weight is 228 g/mol. The Morgan fingerprint density at radius 2 is 2.50 bits per heavy atom. The lowest BCUT2D eigenvalue weighted by Gasteiger charge is -2.27. The van der Waals surface area contributed by atoms with Crippen molar-refractivity contribution in [2.45, 2.75) is 13.0 Å². The third kappa shape index (κ3) is 1.67. The highest BCUT2D eigenvalue weighted by atomic mass is 32.1. The zero-order valence-electron chi connectivity index (χ0n) is 7.91. The second-order valence-corrected chi connectivity index (χ2v) is 4.65. The van der Waals surface area contributed by atoms with E-state index in [-0.39, 0.29) is 0 Å². The molecule has 0 unspecified atom stereocenters. The Bertz CT molecular complexity index is 360. The molecule has 1 aliphatic rings. The Morgan fingerprint density at radius 3 is 3.21 bits per heavy atom. The lowest BCUT2D eigenvalue weighted by atomic mass is 10.2. The Labute approximate surface area is 92.1 Å². The molecule has 6 heteroatoms. The van der Waals surface area contributed by atoms with Crippen LogP contribution in [0.3, 0.4) is 0 Å². The minimum Gasteiger partial charge on any atom is -0.375 e. The van der Waals surface area contributed by atoms with Gasteiger partial charge in [0.15, 0.2) is 10.2 Å². The zero-order valence-corrected chi connectivity index (χ0v) is 9.54. The number of thiocarbonyl (C=S) groups is 1. The van der Waals surface area contributed by atoms with Crippen LogP contribution in [0.5, 0.6) is 0 Å².